The van der Waals surface area contributed by atoms with Crippen LogP contribution in [-0.4, -0.2) is 0 Å². The van der Waals surface area contributed by atoms with Crippen LogP contribution in [0.15, 0.2) is 83.2 Å². The van der Waals surface area contributed by atoms with Gasteiger partial charge in [-0.05, 0) is 49.3 Å². The van der Waals surface area contributed by atoms with E-state index >= 15 is 0 Å². The average molecular weight is 290 g/mol. The van der Waals surface area contributed by atoms with Crippen molar-refractivity contribution in [3.8, 4) is 0 Å². The molecule has 112 valence electrons. The van der Waals surface area contributed by atoms with E-state index in [4.69, 9.17) is 0 Å². The van der Waals surface area contributed by atoms with E-state index in [0.29, 0.717) is 0 Å². The highest BCUT2D eigenvalue weighted by Gasteiger charge is 2.16. The molecule has 0 fully saturated rings. The maximum atomic E-state index is 3.56. The Balaban J connectivity index is 1.72. The van der Waals surface area contributed by atoms with Gasteiger partial charge in [-0.1, -0.05) is 36.4 Å². The zero-order valence-corrected chi connectivity index (χ0v) is 13.2. The third-order valence-electron chi connectivity index (χ3n) is 4.05. The summed E-state index contributed by atoms with van der Waals surface area (Å²) in [6.45, 7) is 4.43. The maximum absolute atomic E-state index is 3.56. The fourth-order valence-corrected chi connectivity index (χ4v) is 2.74. The summed E-state index contributed by atoms with van der Waals surface area (Å²) in [5.41, 5.74) is 7.75. The van der Waals surface area contributed by atoms with Crippen molar-refractivity contribution in [3.05, 3.63) is 83.2 Å². The molecule has 0 unspecified atom stereocenters. The van der Waals surface area contributed by atoms with Crippen molar-refractivity contribution in [1.29, 1.82) is 0 Å². The molecule has 0 radical (unpaired) electrons. The second-order valence-electron chi connectivity index (χ2n) is 5.85. The number of allylic oxidation sites excluding steroid dienone is 2. The molecule has 0 saturated carbocycles. The predicted molar refractivity (Wildman–Crippen MR) is 94.8 cm³/mol. The summed E-state index contributed by atoms with van der Waals surface area (Å²) < 4.78 is 0. The number of anilines is 2. The maximum Gasteiger partial charge on any atom is 0.0381 e. The third-order valence-corrected chi connectivity index (χ3v) is 4.05. The van der Waals surface area contributed by atoms with Gasteiger partial charge in [0.1, 0.15) is 0 Å². The van der Waals surface area contributed by atoms with Crippen molar-refractivity contribution >= 4 is 11.4 Å². The van der Waals surface area contributed by atoms with Crippen molar-refractivity contribution in [2.75, 3.05) is 10.6 Å². The highest BCUT2D eigenvalue weighted by molar-refractivity contribution is 5.55. The number of rotatable bonds is 4. The molecule has 0 aliphatic heterocycles. The average Bonchev–Trinajstić information content (AvgIpc) is 2.54. The highest BCUT2D eigenvalue weighted by Crippen LogP contribution is 2.31. The number of nitrogens with one attached hydrogen (secondary N) is 2. The van der Waals surface area contributed by atoms with Gasteiger partial charge in [-0.25, -0.2) is 0 Å². The molecule has 0 saturated heterocycles. The van der Waals surface area contributed by atoms with Gasteiger partial charge >= 0.3 is 0 Å². The van der Waals surface area contributed by atoms with Crippen molar-refractivity contribution in [2.24, 2.45) is 0 Å². The van der Waals surface area contributed by atoms with Crippen molar-refractivity contribution < 1.29 is 0 Å². The summed E-state index contributed by atoms with van der Waals surface area (Å²) in [5, 5.41) is 7.13. The molecular formula is C20H22N2. The molecule has 0 spiro atoms. The lowest BCUT2D eigenvalue weighted by Gasteiger charge is -2.25. The zero-order valence-electron chi connectivity index (χ0n) is 13.2. The number of hydrogen-bond acceptors (Lipinski definition) is 2. The monoisotopic (exact) mass is 290 g/mol. The van der Waals surface area contributed by atoms with E-state index in [2.05, 4.69) is 73.0 Å². The van der Waals surface area contributed by atoms with Crippen LogP contribution in [-0.2, 0) is 0 Å². The lowest BCUT2D eigenvalue weighted by atomic mass is 9.94. The smallest absolute Gasteiger partial charge is 0.0381 e. The van der Waals surface area contributed by atoms with Crippen LogP contribution in [0, 0.1) is 0 Å². The van der Waals surface area contributed by atoms with E-state index in [0.717, 1.165) is 24.2 Å². The molecule has 0 bridgehead atoms. The molecule has 1 aliphatic carbocycles. The zero-order chi connectivity index (χ0) is 15.4. The van der Waals surface area contributed by atoms with Gasteiger partial charge in [0.05, 0.1) is 0 Å². The Morgan fingerprint density at radius 3 is 1.32 bits per heavy atom. The Labute approximate surface area is 132 Å². The largest absolute Gasteiger partial charge is 0.359 e. The molecule has 3 rings (SSSR count). The molecular weight excluding hydrogens is 268 g/mol. The first-order valence-electron chi connectivity index (χ1n) is 7.74. The van der Waals surface area contributed by atoms with E-state index in [9.17, 15) is 0 Å². The van der Waals surface area contributed by atoms with E-state index in [1.807, 2.05) is 12.1 Å². The van der Waals surface area contributed by atoms with Crippen LogP contribution in [0.25, 0.3) is 0 Å². The van der Waals surface area contributed by atoms with Crippen LogP contribution >= 0.6 is 0 Å². The third kappa shape index (κ3) is 3.40. The molecule has 2 aromatic rings. The lowest BCUT2D eigenvalue weighted by molar-refractivity contribution is 0.925. The van der Waals surface area contributed by atoms with Crippen LogP contribution in [0.5, 0.6) is 0 Å². The molecule has 0 aromatic heterocycles. The molecule has 2 heteroatoms. The summed E-state index contributed by atoms with van der Waals surface area (Å²) in [5.74, 6) is 0. The van der Waals surface area contributed by atoms with Gasteiger partial charge in [0.25, 0.3) is 0 Å². The summed E-state index contributed by atoms with van der Waals surface area (Å²) in [4.78, 5) is 0. The molecule has 0 amide bonds. The minimum Gasteiger partial charge on any atom is -0.359 e. The van der Waals surface area contributed by atoms with Crippen LogP contribution in [0.2, 0.25) is 0 Å². The van der Waals surface area contributed by atoms with E-state index < -0.39 is 0 Å². The molecule has 2 N–H and O–H groups in total. The van der Waals surface area contributed by atoms with Gasteiger partial charge in [-0.2, -0.15) is 0 Å². The summed E-state index contributed by atoms with van der Waals surface area (Å²) in [6.07, 6.45) is 1.94. The molecule has 2 aromatic carbocycles. The van der Waals surface area contributed by atoms with Gasteiger partial charge in [-0.3, -0.25) is 0 Å². The predicted octanol–water partition coefficient (Wildman–Crippen LogP) is 5.55. The Morgan fingerprint density at radius 1 is 0.591 bits per heavy atom. The minimum atomic E-state index is 0.968. The first-order chi connectivity index (χ1) is 10.7. The molecule has 1 aliphatic rings. The normalized spacial score (nSPS) is 15.0. The van der Waals surface area contributed by atoms with Crippen molar-refractivity contribution in [2.45, 2.75) is 26.7 Å². The van der Waals surface area contributed by atoms with Gasteiger partial charge < -0.3 is 10.6 Å². The second kappa shape index (κ2) is 6.52. The van der Waals surface area contributed by atoms with Crippen LogP contribution in [0.3, 0.4) is 0 Å². The van der Waals surface area contributed by atoms with Crippen molar-refractivity contribution in [3.63, 3.8) is 0 Å². The van der Waals surface area contributed by atoms with Crippen LogP contribution in [0.1, 0.15) is 26.7 Å². The van der Waals surface area contributed by atoms with Crippen LogP contribution < -0.4 is 10.6 Å². The van der Waals surface area contributed by atoms with Gasteiger partial charge in [-0.15, -0.1) is 0 Å². The second-order valence-corrected chi connectivity index (χ2v) is 5.85. The quantitative estimate of drug-likeness (QED) is 0.771. The molecule has 0 atom stereocenters. The first-order valence-corrected chi connectivity index (χ1v) is 7.74. The summed E-state index contributed by atoms with van der Waals surface area (Å²) in [6, 6.07) is 20.8. The number of para-hydroxylation sites is 2. The van der Waals surface area contributed by atoms with Crippen LogP contribution in [0.4, 0.5) is 11.4 Å². The molecule has 0 heterocycles. The fraction of sp³-hybridized carbons (Fsp3) is 0.200. The fourth-order valence-electron chi connectivity index (χ4n) is 2.74. The number of hydrogen-bond donors (Lipinski definition) is 2. The lowest BCUT2D eigenvalue weighted by Crippen LogP contribution is -2.13. The Kier molecular flexibility index (Phi) is 4.29. The van der Waals surface area contributed by atoms with Gasteiger partial charge in [0, 0.05) is 35.6 Å². The van der Waals surface area contributed by atoms with E-state index in [-0.39, 0.29) is 0 Å². The topological polar surface area (TPSA) is 24.1 Å². The Morgan fingerprint density at radius 2 is 0.955 bits per heavy atom. The number of benzene rings is 2. The van der Waals surface area contributed by atoms with Gasteiger partial charge in [0.15, 0.2) is 0 Å². The minimum absolute atomic E-state index is 0.968. The molecule has 22 heavy (non-hydrogen) atoms. The summed E-state index contributed by atoms with van der Waals surface area (Å²) >= 11 is 0. The molecule has 2 nitrogen and oxygen atoms in total. The first kappa shape index (κ1) is 14.5. The van der Waals surface area contributed by atoms with E-state index in [1.54, 1.807) is 0 Å². The Hall–Kier alpha value is -2.48. The highest BCUT2D eigenvalue weighted by atomic mass is 14.9. The van der Waals surface area contributed by atoms with Crippen molar-refractivity contribution in [1.82, 2.24) is 0 Å². The SMILES string of the molecule is CC1=C(Nc2ccccc2)CC(C)=C(Nc2ccccc2)C1. The Bertz CT molecular complexity index is 634. The van der Waals surface area contributed by atoms with E-state index in [1.165, 1.54) is 22.5 Å². The standard InChI is InChI=1S/C20H22N2/c1-15-13-20(22-18-11-7-4-8-12-18)16(2)14-19(15)21-17-9-5-3-6-10-17/h3-12,21-22H,13-14H2,1-2H3. The van der Waals surface area contributed by atoms with Gasteiger partial charge in [0.2, 0.25) is 0 Å². The summed E-state index contributed by atoms with van der Waals surface area (Å²) in [7, 11) is 0.